The number of rotatable bonds is 3. The first kappa shape index (κ1) is 14.2. The predicted molar refractivity (Wildman–Crippen MR) is 80.5 cm³/mol. The molecule has 0 aliphatic carbocycles. The van der Waals surface area contributed by atoms with Crippen molar-refractivity contribution in [3.63, 3.8) is 0 Å². The van der Waals surface area contributed by atoms with Crippen molar-refractivity contribution < 1.29 is 8.42 Å². The third kappa shape index (κ3) is 2.70. The van der Waals surface area contributed by atoms with E-state index in [-0.39, 0.29) is 4.21 Å². The van der Waals surface area contributed by atoms with Crippen LogP contribution >= 0.6 is 22.9 Å². The summed E-state index contributed by atoms with van der Waals surface area (Å²) in [5.74, 6) is 0. The minimum absolute atomic E-state index is 0.284. The summed E-state index contributed by atoms with van der Waals surface area (Å²) < 4.78 is 26.3. The average Bonchev–Trinajstić information content (AvgIpc) is 2.79. The van der Waals surface area contributed by atoms with Crippen molar-refractivity contribution in [3.8, 4) is 0 Å². The molecule has 0 radical (unpaired) electrons. The summed E-state index contributed by atoms with van der Waals surface area (Å²) in [4.78, 5) is 0.936. The lowest BCUT2D eigenvalue weighted by Crippen LogP contribution is -2.26. The number of nitrogen functional groups attached to an aromatic ring is 1. The summed E-state index contributed by atoms with van der Waals surface area (Å²) in [5.41, 5.74) is 6.55. The van der Waals surface area contributed by atoms with E-state index in [0.717, 1.165) is 9.18 Å². The first-order chi connectivity index (χ1) is 8.82. The Bertz CT molecular complexity index is 710. The summed E-state index contributed by atoms with van der Waals surface area (Å²) in [6, 6.07) is 8.10. The van der Waals surface area contributed by atoms with Gasteiger partial charge in [-0.05, 0) is 37.3 Å². The molecule has 0 aliphatic heterocycles. The van der Waals surface area contributed by atoms with Crippen molar-refractivity contribution in [1.29, 1.82) is 0 Å². The number of halogens is 1. The van der Waals surface area contributed by atoms with Crippen LogP contribution in [-0.4, -0.2) is 15.5 Å². The highest BCUT2D eigenvalue weighted by Crippen LogP contribution is 2.32. The van der Waals surface area contributed by atoms with Crippen LogP contribution in [0.15, 0.2) is 34.5 Å². The van der Waals surface area contributed by atoms with Gasteiger partial charge < -0.3 is 5.73 Å². The van der Waals surface area contributed by atoms with Gasteiger partial charge in [-0.1, -0.05) is 11.6 Å². The van der Waals surface area contributed by atoms with Crippen LogP contribution in [0.5, 0.6) is 0 Å². The van der Waals surface area contributed by atoms with E-state index >= 15 is 0 Å². The summed E-state index contributed by atoms with van der Waals surface area (Å²) in [5, 5.41) is 0.439. The van der Waals surface area contributed by atoms with Gasteiger partial charge in [-0.25, -0.2) is 8.42 Å². The lowest BCUT2D eigenvalue weighted by atomic mass is 10.3. The zero-order valence-electron chi connectivity index (χ0n) is 10.4. The fourth-order valence-corrected chi connectivity index (χ4v) is 4.44. The van der Waals surface area contributed by atoms with Gasteiger partial charge in [-0.3, -0.25) is 4.31 Å². The maximum absolute atomic E-state index is 12.4. The summed E-state index contributed by atoms with van der Waals surface area (Å²) in [6.07, 6.45) is 0. The van der Waals surface area contributed by atoms with E-state index < -0.39 is 10.0 Å². The molecule has 1 aromatic carbocycles. The second-order valence-corrected chi connectivity index (χ2v) is 7.96. The fraction of sp³-hybridized carbons (Fsp3) is 0.167. The molecule has 1 aromatic heterocycles. The molecule has 4 nitrogen and oxygen atoms in total. The van der Waals surface area contributed by atoms with Gasteiger partial charge in [0.15, 0.2) is 0 Å². The maximum atomic E-state index is 12.4. The molecule has 2 aromatic rings. The highest BCUT2D eigenvalue weighted by molar-refractivity contribution is 7.94. The minimum atomic E-state index is -3.60. The zero-order valence-corrected chi connectivity index (χ0v) is 12.8. The van der Waals surface area contributed by atoms with Gasteiger partial charge in [0.05, 0.1) is 11.4 Å². The van der Waals surface area contributed by atoms with Crippen LogP contribution in [0.1, 0.15) is 4.88 Å². The lowest BCUT2D eigenvalue weighted by Gasteiger charge is -2.20. The SMILES string of the molecule is Cc1ccc(S(=O)(=O)N(C)c2cc(Cl)ccc2N)s1. The van der Waals surface area contributed by atoms with Gasteiger partial charge in [-0.2, -0.15) is 0 Å². The number of thiophene rings is 1. The molecule has 102 valence electrons. The molecule has 0 unspecified atom stereocenters. The lowest BCUT2D eigenvalue weighted by molar-refractivity contribution is 0.596. The third-order valence-electron chi connectivity index (χ3n) is 2.66. The highest BCUT2D eigenvalue weighted by Gasteiger charge is 2.24. The van der Waals surface area contributed by atoms with Crippen LogP contribution in [0.3, 0.4) is 0 Å². The van der Waals surface area contributed by atoms with E-state index in [2.05, 4.69) is 0 Å². The number of nitrogens with zero attached hydrogens (tertiary/aromatic N) is 1. The largest absolute Gasteiger partial charge is 0.397 e. The van der Waals surface area contributed by atoms with Gasteiger partial charge >= 0.3 is 0 Å². The number of sulfonamides is 1. The molecule has 2 rings (SSSR count). The van der Waals surface area contributed by atoms with Crippen molar-refractivity contribution >= 4 is 44.3 Å². The topological polar surface area (TPSA) is 63.4 Å². The molecule has 0 fully saturated rings. The second-order valence-electron chi connectivity index (χ2n) is 4.04. The van der Waals surface area contributed by atoms with Crippen LogP contribution in [-0.2, 0) is 10.0 Å². The first-order valence-electron chi connectivity index (χ1n) is 5.43. The number of nitrogens with two attached hydrogens (primary N) is 1. The normalized spacial score (nSPS) is 11.5. The van der Waals surface area contributed by atoms with Gasteiger partial charge in [0, 0.05) is 16.9 Å². The summed E-state index contributed by atoms with van der Waals surface area (Å²) in [7, 11) is -2.13. The van der Waals surface area contributed by atoms with E-state index in [1.54, 1.807) is 24.3 Å². The van der Waals surface area contributed by atoms with E-state index in [1.807, 2.05) is 6.92 Å². The van der Waals surface area contributed by atoms with Crippen LogP contribution in [0.2, 0.25) is 5.02 Å². The monoisotopic (exact) mass is 316 g/mol. The number of hydrogen-bond acceptors (Lipinski definition) is 4. The van der Waals surface area contributed by atoms with Gasteiger partial charge in [-0.15, -0.1) is 11.3 Å². The Hall–Kier alpha value is -1.24. The van der Waals surface area contributed by atoms with Crippen molar-refractivity contribution in [3.05, 3.63) is 40.2 Å². The smallest absolute Gasteiger partial charge is 0.273 e. The third-order valence-corrected chi connectivity index (χ3v) is 6.14. The first-order valence-corrected chi connectivity index (χ1v) is 8.06. The molecule has 2 N–H and O–H groups in total. The Balaban J connectivity index is 2.49. The average molecular weight is 317 g/mol. The molecule has 0 aliphatic rings. The summed E-state index contributed by atoms with van der Waals surface area (Å²) >= 11 is 7.11. The van der Waals surface area contributed by atoms with Crippen molar-refractivity contribution in [1.82, 2.24) is 0 Å². The Kier molecular flexibility index (Phi) is 3.75. The predicted octanol–water partition coefficient (Wildman–Crippen LogP) is 3.12. The van der Waals surface area contributed by atoms with Gasteiger partial charge in [0.2, 0.25) is 0 Å². The Labute approximate surface area is 121 Å². The molecule has 19 heavy (non-hydrogen) atoms. The molecular formula is C12H13ClN2O2S2. The molecule has 0 saturated carbocycles. The van der Waals surface area contributed by atoms with E-state index in [0.29, 0.717) is 16.4 Å². The fourth-order valence-electron chi connectivity index (χ4n) is 1.60. The van der Waals surface area contributed by atoms with E-state index in [1.165, 1.54) is 24.5 Å². The molecule has 7 heteroatoms. The van der Waals surface area contributed by atoms with Crippen LogP contribution in [0, 0.1) is 6.92 Å². The Morgan fingerprint density at radius 1 is 1.26 bits per heavy atom. The molecule has 0 saturated heterocycles. The van der Waals surface area contributed by atoms with Crippen molar-refractivity contribution in [2.75, 3.05) is 17.1 Å². The van der Waals surface area contributed by atoms with Crippen LogP contribution in [0.4, 0.5) is 11.4 Å². The van der Waals surface area contributed by atoms with Crippen molar-refractivity contribution in [2.45, 2.75) is 11.1 Å². The molecule has 1 heterocycles. The Morgan fingerprint density at radius 2 is 1.95 bits per heavy atom. The number of anilines is 2. The number of aryl methyl sites for hydroxylation is 1. The molecular weight excluding hydrogens is 304 g/mol. The van der Waals surface area contributed by atoms with Gasteiger partial charge in [0.1, 0.15) is 4.21 Å². The number of hydrogen-bond donors (Lipinski definition) is 1. The quantitative estimate of drug-likeness (QED) is 0.885. The van der Waals surface area contributed by atoms with Crippen LogP contribution in [0.25, 0.3) is 0 Å². The van der Waals surface area contributed by atoms with Crippen LogP contribution < -0.4 is 10.0 Å². The molecule has 0 spiro atoms. The maximum Gasteiger partial charge on any atom is 0.273 e. The molecule has 0 atom stereocenters. The zero-order chi connectivity index (χ0) is 14.2. The highest BCUT2D eigenvalue weighted by atomic mass is 35.5. The molecule has 0 bridgehead atoms. The minimum Gasteiger partial charge on any atom is -0.397 e. The number of benzene rings is 1. The second kappa shape index (κ2) is 5.03. The van der Waals surface area contributed by atoms with E-state index in [4.69, 9.17) is 17.3 Å². The molecule has 0 amide bonds. The van der Waals surface area contributed by atoms with Gasteiger partial charge in [0.25, 0.3) is 10.0 Å². The standard InChI is InChI=1S/C12H13ClN2O2S2/c1-8-3-6-12(18-8)19(16,17)15(2)11-7-9(13)4-5-10(11)14/h3-7H,14H2,1-2H3. The Morgan fingerprint density at radius 3 is 2.53 bits per heavy atom. The van der Waals surface area contributed by atoms with E-state index in [9.17, 15) is 8.42 Å². The van der Waals surface area contributed by atoms with Crippen molar-refractivity contribution in [2.24, 2.45) is 0 Å². The summed E-state index contributed by atoms with van der Waals surface area (Å²) in [6.45, 7) is 1.86.